The second-order valence-corrected chi connectivity index (χ2v) is 6.36. The van der Waals surface area contributed by atoms with E-state index in [0.29, 0.717) is 12.5 Å². The molecule has 3 N–H and O–H groups in total. The highest BCUT2D eigenvalue weighted by Crippen LogP contribution is 2.42. The molecule has 2 saturated carbocycles. The highest BCUT2D eigenvalue weighted by molar-refractivity contribution is 5.95. The molecule has 0 radical (unpaired) electrons. The van der Waals surface area contributed by atoms with Gasteiger partial charge in [0, 0.05) is 12.6 Å². The van der Waals surface area contributed by atoms with Crippen LogP contribution in [0.2, 0.25) is 0 Å². The fourth-order valence-electron chi connectivity index (χ4n) is 3.70. The minimum absolute atomic E-state index is 0.0257. The topological polar surface area (TPSA) is 98.7 Å². The lowest BCUT2D eigenvalue weighted by atomic mass is 9.94. The number of fused-ring (bicyclic) bond motifs is 1. The van der Waals surface area contributed by atoms with Crippen LogP contribution in [0.25, 0.3) is 0 Å². The minimum atomic E-state index is -0.861. The summed E-state index contributed by atoms with van der Waals surface area (Å²) in [5.41, 5.74) is 0. The van der Waals surface area contributed by atoms with E-state index in [4.69, 9.17) is 0 Å². The zero-order chi connectivity index (χ0) is 15.0. The van der Waals surface area contributed by atoms with Crippen LogP contribution in [0.1, 0.15) is 32.1 Å². The maximum Gasteiger partial charge on any atom is 0.321 e. The van der Waals surface area contributed by atoms with Crippen LogP contribution in [-0.4, -0.2) is 53.1 Å². The van der Waals surface area contributed by atoms with Crippen molar-refractivity contribution in [3.05, 3.63) is 0 Å². The van der Waals surface area contributed by atoms with Gasteiger partial charge in [-0.1, -0.05) is 6.42 Å². The van der Waals surface area contributed by atoms with Crippen molar-refractivity contribution in [2.75, 3.05) is 13.1 Å². The lowest BCUT2D eigenvalue weighted by Gasteiger charge is -2.23. The number of carbonyl (C=O) groups is 3. The van der Waals surface area contributed by atoms with Gasteiger partial charge < -0.3 is 10.4 Å². The number of hydrogen-bond donors (Lipinski definition) is 3. The van der Waals surface area contributed by atoms with Crippen LogP contribution in [-0.2, 0) is 9.59 Å². The number of hydrogen-bond acceptors (Lipinski definition) is 4. The highest BCUT2D eigenvalue weighted by atomic mass is 16.4. The Morgan fingerprint density at radius 3 is 2.57 bits per heavy atom. The number of rotatable bonds is 4. The lowest BCUT2D eigenvalue weighted by Crippen LogP contribution is -2.48. The average molecular weight is 295 g/mol. The van der Waals surface area contributed by atoms with Gasteiger partial charge in [-0.3, -0.25) is 19.8 Å². The Morgan fingerprint density at radius 1 is 1.14 bits per heavy atom. The van der Waals surface area contributed by atoms with Crippen LogP contribution in [0.5, 0.6) is 0 Å². The molecule has 3 atom stereocenters. The Hall–Kier alpha value is -1.63. The molecule has 2 aliphatic carbocycles. The van der Waals surface area contributed by atoms with Gasteiger partial charge in [0.2, 0.25) is 5.91 Å². The van der Waals surface area contributed by atoms with E-state index >= 15 is 0 Å². The molecule has 0 bridgehead atoms. The van der Waals surface area contributed by atoms with Gasteiger partial charge in [0.05, 0.1) is 6.54 Å². The van der Waals surface area contributed by atoms with Crippen molar-refractivity contribution in [1.29, 1.82) is 0 Å². The number of carboxylic acid groups (broad SMARTS) is 1. The molecule has 3 amide bonds. The molecular weight excluding hydrogens is 274 g/mol. The Balaban J connectivity index is 1.54. The molecule has 1 heterocycles. The van der Waals surface area contributed by atoms with E-state index in [1.807, 2.05) is 0 Å². The number of nitrogens with one attached hydrogen (secondary N) is 2. The first-order valence-corrected chi connectivity index (χ1v) is 7.62. The molecule has 1 saturated heterocycles. The van der Waals surface area contributed by atoms with E-state index in [9.17, 15) is 19.5 Å². The van der Waals surface area contributed by atoms with Crippen LogP contribution >= 0.6 is 0 Å². The smallest absolute Gasteiger partial charge is 0.321 e. The number of aliphatic carboxylic acids is 1. The quantitative estimate of drug-likeness (QED) is 0.686. The Bertz CT molecular complexity index is 463. The van der Waals surface area contributed by atoms with Gasteiger partial charge in [-0.2, -0.15) is 0 Å². The van der Waals surface area contributed by atoms with Crippen molar-refractivity contribution >= 4 is 17.9 Å². The first kappa shape index (κ1) is 14.3. The summed E-state index contributed by atoms with van der Waals surface area (Å²) in [6.45, 7) is 0.612. The first-order chi connectivity index (χ1) is 10.0. The second kappa shape index (κ2) is 5.63. The standard InChI is InChI=1S/C14H21N3O4/c18-11(16-14(21)15-9-4-5-9)7-17-6-8-2-1-3-10(8)12(17)13(19)20/h8-10,12H,1-7H2,(H,19,20)(H2,15,16,18,21). The van der Waals surface area contributed by atoms with Gasteiger partial charge in [-0.05, 0) is 37.5 Å². The summed E-state index contributed by atoms with van der Waals surface area (Å²) >= 11 is 0. The molecule has 3 fully saturated rings. The Morgan fingerprint density at radius 2 is 1.90 bits per heavy atom. The predicted octanol–water partition coefficient (Wildman–Crippen LogP) is 0.160. The van der Waals surface area contributed by atoms with Crippen LogP contribution in [0, 0.1) is 11.8 Å². The normalized spacial score (nSPS) is 31.7. The number of urea groups is 1. The van der Waals surface area contributed by atoms with E-state index in [-0.39, 0.29) is 18.5 Å². The second-order valence-electron chi connectivity index (χ2n) is 6.36. The lowest BCUT2D eigenvalue weighted by molar-refractivity contribution is -0.144. The number of nitrogens with zero attached hydrogens (tertiary/aromatic N) is 1. The molecule has 0 aromatic carbocycles. The number of carboxylic acids is 1. The first-order valence-electron chi connectivity index (χ1n) is 7.62. The summed E-state index contributed by atoms with van der Waals surface area (Å²) in [6, 6.07) is -0.876. The Labute approximate surface area is 123 Å². The maximum absolute atomic E-state index is 11.9. The third kappa shape index (κ3) is 3.18. The van der Waals surface area contributed by atoms with Gasteiger partial charge in [0.15, 0.2) is 0 Å². The van der Waals surface area contributed by atoms with Gasteiger partial charge >= 0.3 is 12.0 Å². The van der Waals surface area contributed by atoms with Crippen molar-refractivity contribution < 1.29 is 19.5 Å². The molecule has 0 spiro atoms. The van der Waals surface area contributed by atoms with Gasteiger partial charge in [-0.15, -0.1) is 0 Å². The molecule has 1 aliphatic heterocycles. The summed E-state index contributed by atoms with van der Waals surface area (Å²) in [6.07, 6.45) is 4.94. The molecule has 0 aromatic heterocycles. The third-order valence-corrected chi connectivity index (χ3v) is 4.75. The molecule has 0 aromatic rings. The van der Waals surface area contributed by atoms with E-state index < -0.39 is 23.9 Å². The van der Waals surface area contributed by atoms with Crippen molar-refractivity contribution in [2.45, 2.75) is 44.2 Å². The van der Waals surface area contributed by atoms with Crippen molar-refractivity contribution in [3.63, 3.8) is 0 Å². The Kier molecular flexibility index (Phi) is 3.84. The van der Waals surface area contributed by atoms with Crippen LogP contribution < -0.4 is 10.6 Å². The number of amides is 3. The molecule has 7 heteroatoms. The molecule has 3 rings (SSSR count). The van der Waals surface area contributed by atoms with Crippen molar-refractivity contribution in [3.8, 4) is 0 Å². The summed E-state index contributed by atoms with van der Waals surface area (Å²) in [5, 5.41) is 14.4. The summed E-state index contributed by atoms with van der Waals surface area (Å²) < 4.78 is 0. The SMILES string of the molecule is O=C(CN1CC2CCCC2C1C(=O)O)NC(=O)NC1CC1. The number of imide groups is 1. The van der Waals surface area contributed by atoms with E-state index in [0.717, 1.165) is 32.1 Å². The molecular formula is C14H21N3O4. The monoisotopic (exact) mass is 295 g/mol. The van der Waals surface area contributed by atoms with Crippen molar-refractivity contribution in [1.82, 2.24) is 15.5 Å². The number of carbonyl (C=O) groups excluding carboxylic acids is 2. The summed E-state index contributed by atoms with van der Waals surface area (Å²) in [4.78, 5) is 36.6. The van der Waals surface area contributed by atoms with Crippen LogP contribution in [0.3, 0.4) is 0 Å². The molecule has 3 unspecified atom stereocenters. The van der Waals surface area contributed by atoms with Gasteiger partial charge in [-0.25, -0.2) is 4.79 Å². The molecule has 21 heavy (non-hydrogen) atoms. The fourth-order valence-corrected chi connectivity index (χ4v) is 3.70. The van der Waals surface area contributed by atoms with E-state index in [1.165, 1.54) is 0 Å². The zero-order valence-electron chi connectivity index (χ0n) is 11.9. The summed E-state index contributed by atoms with van der Waals surface area (Å²) in [7, 11) is 0. The average Bonchev–Trinajstić information content (AvgIpc) is 2.95. The van der Waals surface area contributed by atoms with E-state index in [2.05, 4.69) is 10.6 Å². The fraction of sp³-hybridized carbons (Fsp3) is 0.786. The largest absolute Gasteiger partial charge is 0.480 e. The van der Waals surface area contributed by atoms with Gasteiger partial charge in [0.25, 0.3) is 0 Å². The third-order valence-electron chi connectivity index (χ3n) is 4.75. The number of likely N-dealkylation sites (tertiary alicyclic amines) is 1. The zero-order valence-corrected chi connectivity index (χ0v) is 11.9. The minimum Gasteiger partial charge on any atom is -0.480 e. The highest BCUT2D eigenvalue weighted by Gasteiger charge is 2.48. The van der Waals surface area contributed by atoms with Gasteiger partial charge in [0.1, 0.15) is 6.04 Å². The molecule has 3 aliphatic rings. The van der Waals surface area contributed by atoms with Crippen LogP contribution in [0.15, 0.2) is 0 Å². The van der Waals surface area contributed by atoms with Crippen LogP contribution in [0.4, 0.5) is 4.79 Å². The molecule has 7 nitrogen and oxygen atoms in total. The van der Waals surface area contributed by atoms with Crippen molar-refractivity contribution in [2.24, 2.45) is 11.8 Å². The summed E-state index contributed by atoms with van der Waals surface area (Å²) in [5.74, 6) is -0.770. The van der Waals surface area contributed by atoms with E-state index in [1.54, 1.807) is 4.90 Å². The predicted molar refractivity (Wildman–Crippen MR) is 73.5 cm³/mol. The molecule has 116 valence electrons. The maximum atomic E-state index is 11.9.